The zero-order valence-electron chi connectivity index (χ0n) is 19.5. The van der Waals surface area contributed by atoms with Crippen LogP contribution in [-0.4, -0.2) is 22.3 Å². The molecule has 2 N–H and O–H groups in total. The molecule has 2 unspecified atom stereocenters. The lowest BCUT2D eigenvalue weighted by Crippen LogP contribution is -2.54. The van der Waals surface area contributed by atoms with Gasteiger partial charge in [-0.15, -0.1) is 0 Å². The van der Waals surface area contributed by atoms with E-state index in [1.54, 1.807) is 0 Å². The second-order valence-electron chi connectivity index (χ2n) is 12.1. The van der Waals surface area contributed by atoms with Gasteiger partial charge in [0, 0.05) is 5.57 Å². The van der Waals surface area contributed by atoms with E-state index in [1.165, 1.54) is 44.9 Å². The first kappa shape index (κ1) is 22.4. The summed E-state index contributed by atoms with van der Waals surface area (Å²) in [6.07, 6.45) is 14.2. The minimum Gasteiger partial charge on any atom is -0.478 e. The third-order valence-electron chi connectivity index (χ3n) is 10.8. The van der Waals surface area contributed by atoms with E-state index in [2.05, 4.69) is 27.4 Å². The van der Waals surface area contributed by atoms with Crippen LogP contribution < -0.4 is 0 Å². The Morgan fingerprint density at radius 1 is 1.03 bits per heavy atom. The zero-order valence-corrected chi connectivity index (χ0v) is 19.5. The van der Waals surface area contributed by atoms with Crippen molar-refractivity contribution in [1.29, 1.82) is 0 Å². The number of aliphatic hydroxyl groups excluding tert-OH is 1. The molecule has 0 aliphatic heterocycles. The summed E-state index contributed by atoms with van der Waals surface area (Å²) in [7, 11) is 0. The van der Waals surface area contributed by atoms with Crippen molar-refractivity contribution in [2.45, 2.75) is 104 Å². The molecule has 3 heteroatoms. The predicted octanol–water partition coefficient (Wildman–Crippen LogP) is 6.45. The van der Waals surface area contributed by atoms with E-state index < -0.39 is 5.97 Å². The van der Waals surface area contributed by atoms with E-state index in [1.807, 2.05) is 0 Å². The van der Waals surface area contributed by atoms with E-state index in [4.69, 9.17) is 5.11 Å². The second-order valence-corrected chi connectivity index (χ2v) is 12.1. The Labute approximate surface area is 183 Å². The maximum atomic E-state index is 11.0. The third kappa shape index (κ3) is 3.67. The maximum absolute atomic E-state index is 11.0. The van der Waals surface area contributed by atoms with Gasteiger partial charge in [-0.2, -0.15) is 0 Å². The number of fused-ring (bicyclic) bond motifs is 5. The lowest BCUT2D eigenvalue weighted by atomic mass is 9.44. The van der Waals surface area contributed by atoms with Gasteiger partial charge in [-0.1, -0.05) is 33.8 Å². The molecule has 0 radical (unpaired) electrons. The molecule has 170 valence electrons. The molecule has 0 heterocycles. The summed E-state index contributed by atoms with van der Waals surface area (Å²) in [6.45, 7) is 11.3. The number of hydrogen-bond donors (Lipinski definition) is 2. The Bertz CT molecular complexity index is 671. The molecule has 4 fully saturated rings. The summed E-state index contributed by atoms with van der Waals surface area (Å²) < 4.78 is 0. The molecule has 0 amide bonds. The fourth-order valence-electron chi connectivity index (χ4n) is 9.16. The molecule has 30 heavy (non-hydrogen) atoms. The quantitative estimate of drug-likeness (QED) is 0.489. The Morgan fingerprint density at radius 3 is 2.47 bits per heavy atom. The van der Waals surface area contributed by atoms with Crippen LogP contribution in [0.1, 0.15) is 97.8 Å². The Kier molecular flexibility index (Phi) is 6.16. The normalized spacial score (nSPS) is 46.4. The highest BCUT2D eigenvalue weighted by atomic mass is 16.4. The number of aliphatic hydroxyl groups is 1. The van der Waals surface area contributed by atoms with Gasteiger partial charge >= 0.3 is 5.97 Å². The van der Waals surface area contributed by atoms with E-state index in [-0.39, 0.29) is 6.10 Å². The molecule has 0 aromatic carbocycles. The number of hydrogen-bond acceptors (Lipinski definition) is 2. The van der Waals surface area contributed by atoms with E-state index in [9.17, 15) is 9.90 Å². The molecule has 3 nitrogen and oxygen atoms in total. The molecule has 4 saturated carbocycles. The highest BCUT2D eigenvalue weighted by Gasteiger charge is 2.60. The van der Waals surface area contributed by atoms with Crippen LogP contribution in [0.5, 0.6) is 0 Å². The average Bonchev–Trinajstić information content (AvgIpc) is 3.05. The minimum atomic E-state index is -0.840. The Hall–Kier alpha value is -0.830. The fourth-order valence-corrected chi connectivity index (χ4v) is 9.16. The Morgan fingerprint density at radius 2 is 1.73 bits per heavy atom. The van der Waals surface area contributed by atoms with Crippen molar-refractivity contribution in [3.05, 3.63) is 12.2 Å². The molecule has 0 spiro atoms. The summed E-state index contributed by atoms with van der Waals surface area (Å²) in [5.41, 5.74) is 1.30. The van der Waals surface area contributed by atoms with Gasteiger partial charge < -0.3 is 10.2 Å². The van der Waals surface area contributed by atoms with Crippen LogP contribution in [0.25, 0.3) is 0 Å². The van der Waals surface area contributed by atoms with Crippen LogP contribution in [0, 0.1) is 46.3 Å². The largest absolute Gasteiger partial charge is 0.478 e. The molecule has 4 rings (SSSR count). The van der Waals surface area contributed by atoms with Crippen molar-refractivity contribution >= 4 is 5.97 Å². The molecule has 4 aliphatic rings. The summed E-state index contributed by atoms with van der Waals surface area (Å²) in [5, 5.41) is 19.3. The van der Waals surface area contributed by atoms with Crippen LogP contribution in [0.15, 0.2) is 12.2 Å². The van der Waals surface area contributed by atoms with Crippen LogP contribution in [0.4, 0.5) is 0 Å². The number of carbonyl (C=O) groups is 1. The van der Waals surface area contributed by atoms with Crippen molar-refractivity contribution in [2.24, 2.45) is 46.3 Å². The van der Waals surface area contributed by atoms with E-state index >= 15 is 0 Å². The first-order valence-corrected chi connectivity index (χ1v) is 12.8. The summed E-state index contributed by atoms with van der Waals surface area (Å²) in [4.78, 5) is 11.0. The van der Waals surface area contributed by atoms with Crippen molar-refractivity contribution in [1.82, 2.24) is 0 Å². The lowest BCUT2D eigenvalue weighted by Gasteiger charge is -2.61. The second kappa shape index (κ2) is 8.26. The SMILES string of the molecule is C=C(CCC[C@@H](C)[C@H]1CC[C@H]2[C@@H]3CCC4CC(O)CC[C@]4(C)[C@H]3CC[C@]12C)C(=O)O. The molecule has 0 aromatic rings. The fraction of sp³-hybridized carbons (Fsp3) is 0.889. The molecule has 0 saturated heterocycles. The highest BCUT2D eigenvalue weighted by molar-refractivity contribution is 5.85. The minimum absolute atomic E-state index is 0.0533. The number of rotatable bonds is 6. The van der Waals surface area contributed by atoms with Gasteiger partial charge in [0.1, 0.15) is 0 Å². The van der Waals surface area contributed by atoms with Crippen molar-refractivity contribution in [3.63, 3.8) is 0 Å². The van der Waals surface area contributed by atoms with Crippen LogP contribution in [0.3, 0.4) is 0 Å². The number of carboxylic acids is 1. The van der Waals surface area contributed by atoms with Gasteiger partial charge in [0.05, 0.1) is 6.10 Å². The first-order valence-electron chi connectivity index (χ1n) is 12.8. The van der Waals surface area contributed by atoms with Crippen LogP contribution in [0.2, 0.25) is 0 Å². The predicted molar refractivity (Wildman–Crippen MR) is 121 cm³/mol. The summed E-state index contributed by atoms with van der Waals surface area (Å²) in [6, 6.07) is 0. The molecule has 0 aromatic heterocycles. The van der Waals surface area contributed by atoms with Crippen molar-refractivity contribution in [3.8, 4) is 0 Å². The van der Waals surface area contributed by atoms with Gasteiger partial charge in [-0.3, -0.25) is 0 Å². The molecule has 0 bridgehead atoms. The molecular weight excluding hydrogens is 372 g/mol. The first-order chi connectivity index (χ1) is 14.2. The molecular formula is C27H44O3. The zero-order chi connectivity index (χ0) is 21.7. The van der Waals surface area contributed by atoms with E-state index in [0.29, 0.717) is 28.7 Å². The van der Waals surface area contributed by atoms with Crippen molar-refractivity contribution in [2.75, 3.05) is 0 Å². The summed E-state index contributed by atoms with van der Waals surface area (Å²) in [5.74, 6) is 4.01. The van der Waals surface area contributed by atoms with Crippen molar-refractivity contribution < 1.29 is 15.0 Å². The number of carboxylic acid groups (broad SMARTS) is 1. The van der Waals surface area contributed by atoms with Gasteiger partial charge in [0.2, 0.25) is 0 Å². The van der Waals surface area contributed by atoms with Crippen LogP contribution >= 0.6 is 0 Å². The monoisotopic (exact) mass is 416 g/mol. The lowest BCUT2D eigenvalue weighted by molar-refractivity contribution is -0.132. The highest BCUT2D eigenvalue weighted by Crippen LogP contribution is 2.68. The maximum Gasteiger partial charge on any atom is 0.330 e. The van der Waals surface area contributed by atoms with Gasteiger partial charge in [-0.25, -0.2) is 4.79 Å². The molecule has 9 atom stereocenters. The standard InChI is InChI=1S/C27H44O3/c1-17(6-5-7-18(2)25(29)30)22-10-11-23-21-9-8-19-16-20(28)12-14-26(19,3)24(21)13-15-27(22,23)4/h17,19-24,28H,2,5-16H2,1,3-4H3,(H,29,30)/t17-,19?,20?,21+,22-,23+,24+,26+,27-/m1/s1. The smallest absolute Gasteiger partial charge is 0.330 e. The third-order valence-corrected chi connectivity index (χ3v) is 10.8. The van der Waals surface area contributed by atoms with E-state index in [0.717, 1.165) is 55.3 Å². The van der Waals surface area contributed by atoms with Gasteiger partial charge in [-0.05, 0) is 117 Å². The van der Waals surface area contributed by atoms with Crippen LogP contribution in [-0.2, 0) is 4.79 Å². The summed E-state index contributed by atoms with van der Waals surface area (Å²) >= 11 is 0. The van der Waals surface area contributed by atoms with Gasteiger partial charge in [0.15, 0.2) is 0 Å². The molecule has 4 aliphatic carbocycles. The number of aliphatic carboxylic acids is 1. The Balaban J connectivity index is 1.42. The average molecular weight is 417 g/mol. The van der Waals surface area contributed by atoms with Gasteiger partial charge in [0.25, 0.3) is 0 Å². The topological polar surface area (TPSA) is 57.5 Å².